The largest absolute Gasteiger partial charge is 0.497 e. The van der Waals surface area contributed by atoms with E-state index in [0.29, 0.717) is 13.0 Å². The third-order valence-electron chi connectivity index (χ3n) is 4.19. The fourth-order valence-corrected chi connectivity index (χ4v) is 2.70. The van der Waals surface area contributed by atoms with Crippen LogP contribution in [0, 0.1) is 11.8 Å². The molecule has 1 aromatic rings. The number of aliphatic hydroxyl groups excluding tert-OH is 1. The van der Waals surface area contributed by atoms with Crippen molar-refractivity contribution in [2.24, 2.45) is 11.8 Å². The van der Waals surface area contributed by atoms with Crippen LogP contribution >= 0.6 is 0 Å². The lowest BCUT2D eigenvalue weighted by Crippen LogP contribution is -2.35. The molecule has 1 N–H and O–H groups in total. The van der Waals surface area contributed by atoms with Crippen LogP contribution in [0.4, 0.5) is 0 Å². The van der Waals surface area contributed by atoms with Gasteiger partial charge < -0.3 is 19.3 Å². The number of aliphatic hydroxyl groups is 1. The lowest BCUT2D eigenvalue weighted by Gasteiger charge is -2.28. The first kappa shape index (κ1) is 21.2. The predicted octanol–water partition coefficient (Wildman–Crippen LogP) is 3.35. The van der Waals surface area contributed by atoms with Crippen LogP contribution in [0.15, 0.2) is 36.9 Å². The monoisotopic (exact) mass is 350 g/mol. The summed E-state index contributed by atoms with van der Waals surface area (Å²) < 4.78 is 16.4. The second kappa shape index (κ2) is 11.7. The van der Waals surface area contributed by atoms with Gasteiger partial charge in [0.2, 0.25) is 0 Å². The molecule has 5 nitrogen and oxygen atoms in total. The third-order valence-corrected chi connectivity index (χ3v) is 4.19. The molecular formula is C20H30O5. The van der Waals surface area contributed by atoms with Gasteiger partial charge in [-0.3, -0.25) is 4.79 Å². The molecule has 0 aliphatic carbocycles. The predicted molar refractivity (Wildman–Crippen MR) is 97.4 cm³/mol. The van der Waals surface area contributed by atoms with Gasteiger partial charge in [-0.05, 0) is 43.4 Å². The second-order valence-corrected chi connectivity index (χ2v) is 6.17. The van der Waals surface area contributed by atoms with E-state index < -0.39 is 5.92 Å². The summed E-state index contributed by atoms with van der Waals surface area (Å²) in [5, 5.41) is 9.06. The number of carbonyl (C=O) groups is 1. The number of ether oxygens (including phenoxy) is 3. The number of hydrogen-bond donors (Lipinski definition) is 1. The molecule has 0 radical (unpaired) electrons. The minimum Gasteiger partial charge on any atom is -0.497 e. The summed E-state index contributed by atoms with van der Waals surface area (Å²) in [6.07, 6.45) is 2.72. The standard InChI is InChI=1S/C20H30O5/c1-5-13-24-20(22)16(3)19(15(2)7-6-12-21)25-14-17-8-10-18(23-4)11-9-17/h5,8-11,15-16,19,21H,1,6-7,12-14H2,2-4H3/t15-,16+,19+/m1/s1. The molecule has 140 valence electrons. The molecular weight excluding hydrogens is 320 g/mol. The fourth-order valence-electron chi connectivity index (χ4n) is 2.70. The van der Waals surface area contributed by atoms with Gasteiger partial charge >= 0.3 is 5.97 Å². The molecule has 0 saturated heterocycles. The minimum atomic E-state index is -0.396. The fraction of sp³-hybridized carbons (Fsp3) is 0.550. The SMILES string of the molecule is C=CCOC(=O)[C@@H](C)[C@@H](OCc1ccc(OC)cc1)[C@H](C)CCCO. The molecule has 0 heterocycles. The van der Waals surface area contributed by atoms with Crippen LogP contribution < -0.4 is 4.74 Å². The molecule has 3 atom stereocenters. The lowest BCUT2D eigenvalue weighted by molar-refractivity contribution is -0.154. The molecule has 0 aliphatic heterocycles. The highest BCUT2D eigenvalue weighted by molar-refractivity contribution is 5.72. The Morgan fingerprint density at radius 1 is 1.28 bits per heavy atom. The van der Waals surface area contributed by atoms with Crippen LogP contribution in [0.1, 0.15) is 32.3 Å². The Kier molecular flexibility index (Phi) is 9.88. The second-order valence-electron chi connectivity index (χ2n) is 6.17. The maximum absolute atomic E-state index is 12.2. The molecule has 0 spiro atoms. The molecule has 25 heavy (non-hydrogen) atoms. The number of rotatable bonds is 12. The summed E-state index contributed by atoms with van der Waals surface area (Å²) in [4.78, 5) is 12.2. The highest BCUT2D eigenvalue weighted by Gasteiger charge is 2.30. The van der Waals surface area contributed by atoms with Crippen LogP contribution in [0.25, 0.3) is 0 Å². The maximum Gasteiger partial charge on any atom is 0.311 e. The van der Waals surface area contributed by atoms with Crippen molar-refractivity contribution in [3.05, 3.63) is 42.5 Å². The van der Waals surface area contributed by atoms with Crippen LogP contribution in [-0.2, 0) is 20.9 Å². The molecule has 1 rings (SSSR count). The van der Waals surface area contributed by atoms with Gasteiger partial charge in [0.15, 0.2) is 0 Å². The molecule has 0 unspecified atom stereocenters. The zero-order valence-corrected chi connectivity index (χ0v) is 15.4. The van der Waals surface area contributed by atoms with E-state index in [1.165, 1.54) is 0 Å². The van der Waals surface area contributed by atoms with Crippen molar-refractivity contribution in [1.82, 2.24) is 0 Å². The van der Waals surface area contributed by atoms with Crippen molar-refractivity contribution in [3.63, 3.8) is 0 Å². The Morgan fingerprint density at radius 3 is 2.52 bits per heavy atom. The van der Waals surface area contributed by atoms with E-state index in [1.807, 2.05) is 38.1 Å². The van der Waals surface area contributed by atoms with Crippen LogP contribution in [0.3, 0.4) is 0 Å². The Morgan fingerprint density at radius 2 is 1.96 bits per heavy atom. The van der Waals surface area contributed by atoms with E-state index in [4.69, 9.17) is 19.3 Å². The molecule has 0 aliphatic rings. The van der Waals surface area contributed by atoms with Gasteiger partial charge in [-0.1, -0.05) is 31.7 Å². The molecule has 0 aromatic heterocycles. The Balaban J connectivity index is 2.74. The van der Waals surface area contributed by atoms with E-state index in [2.05, 4.69) is 6.58 Å². The van der Waals surface area contributed by atoms with E-state index >= 15 is 0 Å². The Labute approximate surface area is 150 Å². The summed E-state index contributed by atoms with van der Waals surface area (Å²) in [6, 6.07) is 7.64. The average molecular weight is 350 g/mol. The highest BCUT2D eigenvalue weighted by Crippen LogP contribution is 2.24. The molecule has 5 heteroatoms. The van der Waals surface area contributed by atoms with Gasteiger partial charge in [-0.15, -0.1) is 0 Å². The summed E-state index contributed by atoms with van der Waals surface area (Å²) in [5.41, 5.74) is 1.01. The van der Waals surface area contributed by atoms with E-state index in [1.54, 1.807) is 13.2 Å². The average Bonchev–Trinajstić information content (AvgIpc) is 2.64. The van der Waals surface area contributed by atoms with Crippen LogP contribution in [0.2, 0.25) is 0 Å². The van der Waals surface area contributed by atoms with Gasteiger partial charge in [0.05, 0.1) is 25.7 Å². The first-order chi connectivity index (χ1) is 12.0. The normalized spacial score (nSPS) is 14.4. The van der Waals surface area contributed by atoms with Crippen molar-refractivity contribution in [2.45, 2.75) is 39.4 Å². The first-order valence-corrected chi connectivity index (χ1v) is 8.66. The van der Waals surface area contributed by atoms with Gasteiger partial charge in [-0.25, -0.2) is 0 Å². The van der Waals surface area contributed by atoms with Crippen molar-refractivity contribution in [2.75, 3.05) is 20.3 Å². The van der Waals surface area contributed by atoms with Gasteiger partial charge in [0.25, 0.3) is 0 Å². The molecule has 0 fully saturated rings. The summed E-state index contributed by atoms with van der Waals surface area (Å²) >= 11 is 0. The number of hydrogen-bond acceptors (Lipinski definition) is 5. The third kappa shape index (κ3) is 7.28. The Bertz CT molecular complexity index is 511. The topological polar surface area (TPSA) is 65.0 Å². The quantitative estimate of drug-likeness (QED) is 0.463. The summed E-state index contributed by atoms with van der Waals surface area (Å²) in [5.74, 6) is 0.219. The van der Waals surface area contributed by atoms with Crippen molar-refractivity contribution in [3.8, 4) is 5.75 Å². The first-order valence-electron chi connectivity index (χ1n) is 8.66. The van der Waals surface area contributed by atoms with Gasteiger partial charge in [-0.2, -0.15) is 0 Å². The minimum absolute atomic E-state index is 0.122. The van der Waals surface area contributed by atoms with Crippen molar-refractivity contribution >= 4 is 5.97 Å². The van der Waals surface area contributed by atoms with Crippen LogP contribution in [-0.4, -0.2) is 37.5 Å². The van der Waals surface area contributed by atoms with E-state index in [-0.39, 0.29) is 31.2 Å². The van der Waals surface area contributed by atoms with Crippen molar-refractivity contribution < 1.29 is 24.1 Å². The smallest absolute Gasteiger partial charge is 0.311 e. The molecule has 0 amide bonds. The van der Waals surface area contributed by atoms with Crippen molar-refractivity contribution in [1.29, 1.82) is 0 Å². The maximum atomic E-state index is 12.2. The van der Waals surface area contributed by atoms with E-state index in [0.717, 1.165) is 17.7 Å². The zero-order chi connectivity index (χ0) is 18.7. The summed E-state index contributed by atoms with van der Waals surface area (Å²) in [6.45, 7) is 8.13. The van der Waals surface area contributed by atoms with Crippen LogP contribution in [0.5, 0.6) is 5.75 Å². The lowest BCUT2D eigenvalue weighted by atomic mass is 9.90. The number of carbonyl (C=O) groups excluding carboxylic acids is 1. The number of methoxy groups -OCH3 is 1. The summed E-state index contributed by atoms with van der Waals surface area (Å²) in [7, 11) is 1.63. The highest BCUT2D eigenvalue weighted by atomic mass is 16.5. The molecule has 0 bridgehead atoms. The number of esters is 1. The van der Waals surface area contributed by atoms with Gasteiger partial charge in [0, 0.05) is 6.61 Å². The van der Waals surface area contributed by atoms with Gasteiger partial charge in [0.1, 0.15) is 12.4 Å². The van der Waals surface area contributed by atoms with E-state index in [9.17, 15) is 4.79 Å². The zero-order valence-electron chi connectivity index (χ0n) is 15.4. The number of benzene rings is 1. The Hall–Kier alpha value is -1.85. The molecule has 1 aromatic carbocycles. The molecule has 0 saturated carbocycles.